The Morgan fingerprint density at radius 2 is 1.68 bits per heavy atom. The number of carbonyl (C=O) groups is 2. The SMILES string of the molecule is COc1ccc(C)cc1NC(=O)c1ccc(CNC(=O)CCOc2ccccc2)cc1. The average Bonchev–Trinajstić information content (AvgIpc) is 2.79. The van der Waals surface area contributed by atoms with Gasteiger partial charge in [0.25, 0.3) is 5.91 Å². The molecule has 0 aliphatic heterocycles. The summed E-state index contributed by atoms with van der Waals surface area (Å²) >= 11 is 0. The van der Waals surface area contributed by atoms with Gasteiger partial charge in [-0.05, 0) is 54.4 Å². The first-order valence-corrected chi connectivity index (χ1v) is 10.0. The summed E-state index contributed by atoms with van der Waals surface area (Å²) in [6.45, 7) is 2.65. The molecule has 0 fully saturated rings. The average molecular weight is 418 g/mol. The van der Waals surface area contributed by atoms with E-state index in [4.69, 9.17) is 9.47 Å². The number of aryl methyl sites for hydroxylation is 1. The summed E-state index contributed by atoms with van der Waals surface area (Å²) in [4.78, 5) is 24.6. The van der Waals surface area contributed by atoms with Gasteiger partial charge in [-0.1, -0.05) is 36.4 Å². The van der Waals surface area contributed by atoms with Crippen LogP contribution < -0.4 is 20.1 Å². The number of benzene rings is 3. The fraction of sp³-hybridized carbons (Fsp3) is 0.200. The summed E-state index contributed by atoms with van der Waals surface area (Å²) in [7, 11) is 1.57. The van der Waals surface area contributed by atoms with Crippen LogP contribution in [0.4, 0.5) is 5.69 Å². The molecule has 0 radical (unpaired) electrons. The number of hydrogen-bond acceptors (Lipinski definition) is 4. The lowest BCUT2D eigenvalue weighted by molar-refractivity contribution is -0.121. The largest absolute Gasteiger partial charge is 0.495 e. The maximum atomic E-state index is 12.6. The van der Waals surface area contributed by atoms with Crippen molar-refractivity contribution in [2.45, 2.75) is 19.9 Å². The molecule has 0 aliphatic rings. The van der Waals surface area contributed by atoms with Gasteiger partial charge in [0, 0.05) is 12.1 Å². The van der Waals surface area contributed by atoms with Crippen LogP contribution in [0.1, 0.15) is 27.9 Å². The molecule has 0 spiro atoms. The summed E-state index contributed by atoms with van der Waals surface area (Å²) in [5.74, 6) is 1.03. The molecule has 3 rings (SSSR count). The quantitative estimate of drug-likeness (QED) is 0.542. The molecule has 6 heteroatoms. The monoisotopic (exact) mass is 418 g/mol. The van der Waals surface area contributed by atoms with E-state index in [0.717, 1.165) is 16.9 Å². The number of hydrogen-bond donors (Lipinski definition) is 2. The zero-order valence-electron chi connectivity index (χ0n) is 17.7. The van der Waals surface area contributed by atoms with E-state index in [-0.39, 0.29) is 18.2 Å². The van der Waals surface area contributed by atoms with Crippen LogP contribution in [0, 0.1) is 6.92 Å². The Morgan fingerprint density at radius 1 is 0.935 bits per heavy atom. The molecule has 6 nitrogen and oxygen atoms in total. The molecule has 0 aromatic heterocycles. The number of anilines is 1. The zero-order chi connectivity index (χ0) is 22.1. The van der Waals surface area contributed by atoms with E-state index in [2.05, 4.69) is 10.6 Å². The molecule has 31 heavy (non-hydrogen) atoms. The predicted molar refractivity (Wildman–Crippen MR) is 121 cm³/mol. The Morgan fingerprint density at radius 3 is 2.39 bits per heavy atom. The van der Waals surface area contributed by atoms with Gasteiger partial charge in [-0.15, -0.1) is 0 Å². The summed E-state index contributed by atoms with van der Waals surface area (Å²) in [5.41, 5.74) is 3.08. The molecule has 0 unspecified atom stereocenters. The smallest absolute Gasteiger partial charge is 0.255 e. The highest BCUT2D eigenvalue weighted by atomic mass is 16.5. The molecular weight excluding hydrogens is 392 g/mol. The molecule has 3 aromatic rings. The molecule has 0 aliphatic carbocycles. The van der Waals surface area contributed by atoms with Gasteiger partial charge in [-0.25, -0.2) is 0 Å². The van der Waals surface area contributed by atoms with Crippen molar-refractivity contribution in [3.8, 4) is 11.5 Å². The second kappa shape index (κ2) is 10.8. The Hall–Kier alpha value is -3.80. The van der Waals surface area contributed by atoms with E-state index in [0.29, 0.717) is 30.2 Å². The van der Waals surface area contributed by atoms with Crippen molar-refractivity contribution in [1.29, 1.82) is 0 Å². The van der Waals surface area contributed by atoms with Crippen molar-refractivity contribution in [2.75, 3.05) is 19.0 Å². The van der Waals surface area contributed by atoms with Crippen molar-refractivity contribution in [3.63, 3.8) is 0 Å². The summed E-state index contributed by atoms with van der Waals surface area (Å²) < 4.78 is 10.8. The molecule has 2 N–H and O–H groups in total. The van der Waals surface area contributed by atoms with Crippen molar-refractivity contribution >= 4 is 17.5 Å². The topological polar surface area (TPSA) is 76.7 Å². The highest BCUT2D eigenvalue weighted by Gasteiger charge is 2.10. The summed E-state index contributed by atoms with van der Waals surface area (Å²) in [6.07, 6.45) is 0.272. The van der Waals surface area contributed by atoms with Crippen LogP contribution in [-0.4, -0.2) is 25.5 Å². The first-order valence-electron chi connectivity index (χ1n) is 10.0. The van der Waals surface area contributed by atoms with E-state index in [1.54, 1.807) is 19.2 Å². The first kappa shape index (κ1) is 21.9. The fourth-order valence-corrected chi connectivity index (χ4v) is 2.96. The lowest BCUT2D eigenvalue weighted by atomic mass is 10.1. The maximum absolute atomic E-state index is 12.6. The number of para-hydroxylation sites is 1. The van der Waals surface area contributed by atoms with Crippen LogP contribution in [0.5, 0.6) is 11.5 Å². The molecule has 0 heterocycles. The maximum Gasteiger partial charge on any atom is 0.255 e. The fourth-order valence-electron chi connectivity index (χ4n) is 2.96. The number of rotatable bonds is 9. The lowest BCUT2D eigenvalue weighted by Gasteiger charge is -2.11. The van der Waals surface area contributed by atoms with Gasteiger partial charge in [-0.2, -0.15) is 0 Å². The third-order valence-electron chi connectivity index (χ3n) is 4.65. The van der Waals surface area contributed by atoms with Gasteiger partial charge in [0.1, 0.15) is 11.5 Å². The Labute approximate surface area is 182 Å². The van der Waals surface area contributed by atoms with Crippen molar-refractivity contribution in [3.05, 3.63) is 89.5 Å². The van der Waals surface area contributed by atoms with Crippen LogP contribution in [0.3, 0.4) is 0 Å². The third kappa shape index (κ3) is 6.60. The number of amides is 2. The van der Waals surface area contributed by atoms with E-state index in [1.807, 2.05) is 67.6 Å². The molecule has 2 amide bonds. The first-order chi connectivity index (χ1) is 15.0. The van der Waals surface area contributed by atoms with E-state index in [9.17, 15) is 9.59 Å². The van der Waals surface area contributed by atoms with E-state index < -0.39 is 0 Å². The highest BCUT2D eigenvalue weighted by molar-refractivity contribution is 6.05. The normalized spacial score (nSPS) is 10.3. The van der Waals surface area contributed by atoms with Gasteiger partial charge in [0.15, 0.2) is 0 Å². The van der Waals surface area contributed by atoms with E-state index >= 15 is 0 Å². The molecule has 0 saturated heterocycles. The van der Waals surface area contributed by atoms with Crippen LogP contribution in [0.2, 0.25) is 0 Å². The van der Waals surface area contributed by atoms with Crippen LogP contribution in [0.15, 0.2) is 72.8 Å². The second-order valence-corrected chi connectivity index (χ2v) is 7.04. The van der Waals surface area contributed by atoms with Gasteiger partial charge in [0.05, 0.1) is 25.8 Å². The van der Waals surface area contributed by atoms with Crippen LogP contribution in [-0.2, 0) is 11.3 Å². The summed E-state index contributed by atoms with van der Waals surface area (Å²) in [6, 6.07) is 22.1. The number of nitrogens with one attached hydrogen (secondary N) is 2. The number of methoxy groups -OCH3 is 1. The highest BCUT2D eigenvalue weighted by Crippen LogP contribution is 2.25. The van der Waals surface area contributed by atoms with E-state index in [1.165, 1.54) is 0 Å². The Kier molecular flexibility index (Phi) is 7.65. The standard InChI is InChI=1S/C25H26N2O4/c1-18-8-13-23(30-2)22(16-18)27-25(29)20-11-9-19(10-12-20)17-26-24(28)14-15-31-21-6-4-3-5-7-21/h3-13,16H,14-15,17H2,1-2H3,(H,26,28)(H,27,29). The molecular formula is C25H26N2O4. The molecule has 0 saturated carbocycles. The summed E-state index contributed by atoms with van der Waals surface area (Å²) in [5, 5.41) is 5.74. The molecule has 0 bridgehead atoms. The predicted octanol–water partition coefficient (Wildman–Crippen LogP) is 4.34. The van der Waals surface area contributed by atoms with Crippen molar-refractivity contribution < 1.29 is 19.1 Å². The Balaban J connectivity index is 1.47. The number of carbonyl (C=O) groups excluding carboxylic acids is 2. The zero-order valence-corrected chi connectivity index (χ0v) is 17.7. The third-order valence-corrected chi connectivity index (χ3v) is 4.65. The second-order valence-electron chi connectivity index (χ2n) is 7.04. The van der Waals surface area contributed by atoms with Crippen LogP contribution in [0.25, 0.3) is 0 Å². The van der Waals surface area contributed by atoms with Gasteiger partial charge in [0.2, 0.25) is 5.91 Å². The molecule has 0 atom stereocenters. The van der Waals surface area contributed by atoms with Crippen molar-refractivity contribution in [2.24, 2.45) is 0 Å². The lowest BCUT2D eigenvalue weighted by Crippen LogP contribution is -2.24. The number of ether oxygens (including phenoxy) is 2. The minimum Gasteiger partial charge on any atom is -0.495 e. The minimum absolute atomic E-state index is 0.0932. The van der Waals surface area contributed by atoms with Gasteiger partial charge < -0.3 is 20.1 Å². The van der Waals surface area contributed by atoms with Crippen molar-refractivity contribution in [1.82, 2.24) is 5.32 Å². The van der Waals surface area contributed by atoms with Gasteiger partial charge >= 0.3 is 0 Å². The molecule has 3 aromatic carbocycles. The Bertz CT molecular complexity index is 1020. The minimum atomic E-state index is -0.224. The van der Waals surface area contributed by atoms with Crippen LogP contribution >= 0.6 is 0 Å². The van der Waals surface area contributed by atoms with Gasteiger partial charge in [-0.3, -0.25) is 9.59 Å². The molecule has 160 valence electrons.